The number of aliphatic hydroxyl groups excluding tert-OH is 1. The van der Waals surface area contributed by atoms with Crippen LogP contribution >= 0.6 is 0 Å². The van der Waals surface area contributed by atoms with Gasteiger partial charge < -0.3 is 16.2 Å². The zero-order valence-electron chi connectivity index (χ0n) is 9.24. The smallest absolute Gasteiger partial charge is 0.149 e. The normalized spacial score (nSPS) is 12.1. The molecule has 88 valence electrons. The van der Waals surface area contributed by atoms with Gasteiger partial charge in [-0.2, -0.15) is 0 Å². The maximum absolute atomic E-state index is 9.36. The molecule has 1 unspecified atom stereocenters. The SMILES string of the molecule is Nc1ccc(NC(CO)c2ccccc2)nn1. The third-order valence-corrected chi connectivity index (χ3v) is 2.39. The highest BCUT2D eigenvalue weighted by Crippen LogP contribution is 2.17. The predicted molar refractivity (Wildman–Crippen MR) is 66.3 cm³/mol. The number of anilines is 2. The van der Waals surface area contributed by atoms with E-state index < -0.39 is 0 Å². The van der Waals surface area contributed by atoms with Crippen LogP contribution < -0.4 is 11.1 Å². The van der Waals surface area contributed by atoms with Crippen LogP contribution in [0.4, 0.5) is 11.6 Å². The second kappa shape index (κ2) is 5.27. The summed E-state index contributed by atoms with van der Waals surface area (Å²) < 4.78 is 0. The third kappa shape index (κ3) is 2.92. The molecule has 1 aromatic heterocycles. The van der Waals surface area contributed by atoms with Crippen molar-refractivity contribution >= 4 is 11.6 Å². The molecule has 1 heterocycles. The Morgan fingerprint density at radius 1 is 1.12 bits per heavy atom. The van der Waals surface area contributed by atoms with Crippen molar-refractivity contribution in [2.45, 2.75) is 6.04 Å². The molecule has 0 bridgehead atoms. The monoisotopic (exact) mass is 230 g/mol. The first-order chi connectivity index (χ1) is 8.29. The van der Waals surface area contributed by atoms with Crippen molar-refractivity contribution in [3.8, 4) is 0 Å². The van der Waals surface area contributed by atoms with Crippen LogP contribution in [-0.4, -0.2) is 21.9 Å². The number of aromatic nitrogens is 2. The Kier molecular flexibility index (Phi) is 3.52. The Morgan fingerprint density at radius 2 is 1.88 bits per heavy atom. The standard InChI is InChI=1S/C12H14N4O/c13-11-6-7-12(16-15-11)14-10(8-17)9-4-2-1-3-5-9/h1-7,10,17H,8H2,(H2,13,15)(H,14,16). The quantitative estimate of drug-likeness (QED) is 0.735. The Balaban J connectivity index is 2.13. The summed E-state index contributed by atoms with van der Waals surface area (Å²) in [4.78, 5) is 0. The molecule has 17 heavy (non-hydrogen) atoms. The fourth-order valence-electron chi connectivity index (χ4n) is 1.52. The summed E-state index contributed by atoms with van der Waals surface area (Å²) in [5, 5.41) is 20.1. The Morgan fingerprint density at radius 3 is 2.47 bits per heavy atom. The number of hydrogen-bond acceptors (Lipinski definition) is 5. The number of benzene rings is 1. The highest BCUT2D eigenvalue weighted by atomic mass is 16.3. The van der Waals surface area contributed by atoms with E-state index in [1.165, 1.54) is 0 Å². The first-order valence-corrected chi connectivity index (χ1v) is 5.31. The number of aliphatic hydroxyl groups is 1. The van der Waals surface area contributed by atoms with Crippen molar-refractivity contribution < 1.29 is 5.11 Å². The summed E-state index contributed by atoms with van der Waals surface area (Å²) >= 11 is 0. The van der Waals surface area contributed by atoms with Crippen molar-refractivity contribution in [3.05, 3.63) is 48.0 Å². The molecule has 0 saturated carbocycles. The molecule has 4 N–H and O–H groups in total. The summed E-state index contributed by atoms with van der Waals surface area (Å²) in [7, 11) is 0. The lowest BCUT2D eigenvalue weighted by atomic mass is 10.1. The largest absolute Gasteiger partial charge is 0.394 e. The molecular weight excluding hydrogens is 216 g/mol. The number of nitrogen functional groups attached to an aromatic ring is 1. The number of rotatable bonds is 4. The lowest BCUT2D eigenvalue weighted by molar-refractivity contribution is 0.276. The van der Waals surface area contributed by atoms with Gasteiger partial charge in [0.05, 0.1) is 12.6 Å². The van der Waals surface area contributed by atoms with Gasteiger partial charge in [0.1, 0.15) is 11.6 Å². The van der Waals surface area contributed by atoms with Crippen molar-refractivity contribution in [2.75, 3.05) is 17.7 Å². The topological polar surface area (TPSA) is 84.1 Å². The zero-order chi connectivity index (χ0) is 12.1. The van der Waals surface area contributed by atoms with Crippen LogP contribution in [0.25, 0.3) is 0 Å². The van der Waals surface area contributed by atoms with Crippen LogP contribution in [0.2, 0.25) is 0 Å². The van der Waals surface area contributed by atoms with E-state index in [1.54, 1.807) is 12.1 Å². The van der Waals surface area contributed by atoms with Gasteiger partial charge in [-0.25, -0.2) is 0 Å². The van der Waals surface area contributed by atoms with Gasteiger partial charge in [0.25, 0.3) is 0 Å². The van der Waals surface area contributed by atoms with Gasteiger partial charge in [0, 0.05) is 0 Å². The molecule has 0 saturated heterocycles. The average Bonchev–Trinajstić information content (AvgIpc) is 2.39. The minimum atomic E-state index is -0.200. The van der Waals surface area contributed by atoms with Gasteiger partial charge in [-0.1, -0.05) is 30.3 Å². The van der Waals surface area contributed by atoms with Gasteiger partial charge in [0.2, 0.25) is 0 Å². The summed E-state index contributed by atoms with van der Waals surface area (Å²) in [5.41, 5.74) is 6.44. The van der Waals surface area contributed by atoms with Crippen LogP contribution in [0.1, 0.15) is 11.6 Å². The molecule has 0 fully saturated rings. The van der Waals surface area contributed by atoms with Crippen LogP contribution in [0.5, 0.6) is 0 Å². The van der Waals surface area contributed by atoms with Gasteiger partial charge in [-0.3, -0.25) is 0 Å². The van der Waals surface area contributed by atoms with E-state index in [4.69, 9.17) is 5.73 Å². The van der Waals surface area contributed by atoms with E-state index in [0.29, 0.717) is 11.6 Å². The van der Waals surface area contributed by atoms with Crippen LogP contribution in [0, 0.1) is 0 Å². The highest BCUT2D eigenvalue weighted by molar-refractivity contribution is 5.41. The van der Waals surface area contributed by atoms with Crippen LogP contribution in [0.15, 0.2) is 42.5 Å². The lowest BCUT2D eigenvalue weighted by Crippen LogP contribution is -2.15. The minimum Gasteiger partial charge on any atom is -0.394 e. The Hall–Kier alpha value is -2.14. The van der Waals surface area contributed by atoms with E-state index in [1.807, 2.05) is 30.3 Å². The lowest BCUT2D eigenvalue weighted by Gasteiger charge is -2.16. The summed E-state index contributed by atoms with van der Waals surface area (Å²) in [6.07, 6.45) is 0. The minimum absolute atomic E-state index is 0.0178. The molecular formula is C12H14N4O. The molecule has 2 aromatic rings. The first kappa shape index (κ1) is 11.3. The van der Waals surface area contributed by atoms with Gasteiger partial charge in [-0.05, 0) is 17.7 Å². The summed E-state index contributed by atoms with van der Waals surface area (Å²) in [6, 6.07) is 12.9. The van der Waals surface area contributed by atoms with E-state index in [2.05, 4.69) is 15.5 Å². The van der Waals surface area contributed by atoms with Gasteiger partial charge in [0.15, 0.2) is 0 Å². The van der Waals surface area contributed by atoms with E-state index in [9.17, 15) is 5.11 Å². The third-order valence-electron chi connectivity index (χ3n) is 2.39. The van der Waals surface area contributed by atoms with E-state index >= 15 is 0 Å². The van der Waals surface area contributed by atoms with Crippen molar-refractivity contribution in [1.82, 2.24) is 10.2 Å². The molecule has 5 heteroatoms. The van der Waals surface area contributed by atoms with Crippen molar-refractivity contribution in [1.29, 1.82) is 0 Å². The number of nitrogens with zero attached hydrogens (tertiary/aromatic N) is 2. The fraction of sp³-hybridized carbons (Fsp3) is 0.167. The van der Waals surface area contributed by atoms with Crippen molar-refractivity contribution in [3.63, 3.8) is 0 Å². The molecule has 5 nitrogen and oxygen atoms in total. The first-order valence-electron chi connectivity index (χ1n) is 5.31. The average molecular weight is 230 g/mol. The molecule has 0 aliphatic rings. The number of nitrogens with one attached hydrogen (secondary N) is 1. The van der Waals surface area contributed by atoms with Crippen LogP contribution in [0.3, 0.4) is 0 Å². The molecule has 0 aliphatic carbocycles. The van der Waals surface area contributed by atoms with Crippen molar-refractivity contribution in [2.24, 2.45) is 0 Å². The summed E-state index contributed by atoms with van der Waals surface area (Å²) in [6.45, 7) is -0.0178. The highest BCUT2D eigenvalue weighted by Gasteiger charge is 2.10. The van der Waals surface area contributed by atoms with E-state index in [-0.39, 0.29) is 12.6 Å². The fourth-order valence-corrected chi connectivity index (χ4v) is 1.52. The molecule has 0 amide bonds. The Bertz CT molecular complexity index is 458. The maximum Gasteiger partial charge on any atom is 0.149 e. The Labute approximate surface area is 99.3 Å². The molecule has 1 atom stereocenters. The molecule has 0 spiro atoms. The molecule has 1 aromatic carbocycles. The van der Waals surface area contributed by atoms with Gasteiger partial charge >= 0.3 is 0 Å². The van der Waals surface area contributed by atoms with Crippen LogP contribution in [-0.2, 0) is 0 Å². The van der Waals surface area contributed by atoms with Gasteiger partial charge in [-0.15, -0.1) is 10.2 Å². The second-order valence-corrected chi connectivity index (χ2v) is 3.63. The van der Waals surface area contributed by atoms with E-state index in [0.717, 1.165) is 5.56 Å². The molecule has 0 radical (unpaired) electrons. The maximum atomic E-state index is 9.36. The number of hydrogen-bond donors (Lipinski definition) is 3. The predicted octanol–water partition coefficient (Wildman–Crippen LogP) is 1.20. The molecule has 2 rings (SSSR count). The zero-order valence-corrected chi connectivity index (χ0v) is 9.24. The number of nitrogens with two attached hydrogens (primary N) is 1. The molecule has 0 aliphatic heterocycles. The summed E-state index contributed by atoms with van der Waals surface area (Å²) in [5.74, 6) is 0.956. The second-order valence-electron chi connectivity index (χ2n) is 3.63.